The summed E-state index contributed by atoms with van der Waals surface area (Å²) in [5, 5.41) is 0. The lowest BCUT2D eigenvalue weighted by atomic mass is 10.1. The molecule has 0 radical (unpaired) electrons. The van der Waals surface area contributed by atoms with E-state index in [2.05, 4.69) is 4.18 Å². The molecule has 2 heterocycles. The summed E-state index contributed by atoms with van der Waals surface area (Å²) in [6.07, 6.45) is -5.03. The minimum Gasteiger partial charge on any atom is -0.347 e. The monoisotopic (exact) mass is 340 g/mol. The van der Waals surface area contributed by atoms with Gasteiger partial charge in [0, 0.05) is 9.47 Å². The van der Waals surface area contributed by atoms with E-state index in [1.165, 1.54) is 6.92 Å². The van der Waals surface area contributed by atoms with Crippen LogP contribution in [0.2, 0.25) is 0 Å². The number of alkyl halides is 3. The standard InChI is InChI=1S/C8H12F3O7PS/c1-3-15-5-4(18-20(12,13)8(9,10)11)2-14-7(17-19)6(5)16-3/h3-7H,2,19H2,1H3. The largest absolute Gasteiger partial charge is 0.523 e. The molecule has 0 N–H and O–H groups in total. The third-order valence-electron chi connectivity index (χ3n) is 2.75. The van der Waals surface area contributed by atoms with Crippen LogP contribution in [0.1, 0.15) is 6.92 Å². The van der Waals surface area contributed by atoms with Crippen LogP contribution in [0.5, 0.6) is 0 Å². The van der Waals surface area contributed by atoms with E-state index in [1.54, 1.807) is 0 Å². The predicted octanol–water partition coefficient (Wildman–Crippen LogP) is 0.514. The molecule has 2 aliphatic heterocycles. The van der Waals surface area contributed by atoms with E-state index in [0.29, 0.717) is 0 Å². The van der Waals surface area contributed by atoms with E-state index in [-0.39, 0.29) is 0 Å². The van der Waals surface area contributed by atoms with Gasteiger partial charge in [-0.1, -0.05) is 0 Å². The van der Waals surface area contributed by atoms with Gasteiger partial charge in [0.15, 0.2) is 12.6 Å². The molecule has 2 fully saturated rings. The lowest BCUT2D eigenvalue weighted by Gasteiger charge is -2.35. The van der Waals surface area contributed by atoms with Gasteiger partial charge in [-0.15, -0.1) is 0 Å². The molecular weight excluding hydrogens is 328 g/mol. The molecule has 0 aromatic carbocycles. The Labute approximate surface area is 115 Å². The second-order valence-corrected chi connectivity index (χ2v) is 5.98. The molecule has 2 aliphatic rings. The molecule has 0 saturated carbocycles. The second kappa shape index (κ2) is 5.64. The van der Waals surface area contributed by atoms with E-state index < -0.39 is 53.1 Å². The van der Waals surface area contributed by atoms with E-state index in [9.17, 15) is 21.6 Å². The number of halogens is 3. The Hall–Kier alpha value is -0.0300. The lowest BCUT2D eigenvalue weighted by molar-refractivity contribution is -0.203. The first-order valence-corrected chi connectivity index (χ1v) is 7.31. The zero-order valence-corrected chi connectivity index (χ0v) is 12.0. The average Bonchev–Trinajstić information content (AvgIpc) is 2.69. The Bertz CT molecular complexity index is 455. The van der Waals surface area contributed by atoms with Crippen molar-refractivity contribution in [2.75, 3.05) is 6.61 Å². The summed E-state index contributed by atoms with van der Waals surface area (Å²) in [6.45, 7) is 1.07. The SMILES string of the molecule is CC1OC2C(OS(=O)(=O)C(F)(F)F)COC(OP)C2O1. The normalized spacial score (nSPS) is 38.8. The van der Waals surface area contributed by atoms with Crippen LogP contribution in [-0.4, -0.2) is 51.4 Å². The van der Waals surface area contributed by atoms with Crippen LogP contribution in [0.3, 0.4) is 0 Å². The molecule has 7 nitrogen and oxygen atoms in total. The van der Waals surface area contributed by atoms with Crippen molar-refractivity contribution in [3.8, 4) is 0 Å². The highest BCUT2D eigenvalue weighted by Crippen LogP contribution is 2.35. The molecule has 20 heavy (non-hydrogen) atoms. The predicted molar refractivity (Wildman–Crippen MR) is 59.6 cm³/mol. The molecule has 0 aromatic rings. The van der Waals surface area contributed by atoms with Crippen molar-refractivity contribution in [3.63, 3.8) is 0 Å². The minimum absolute atomic E-state index is 0.439. The molecule has 12 heteroatoms. The van der Waals surface area contributed by atoms with Gasteiger partial charge in [0.05, 0.1) is 6.61 Å². The van der Waals surface area contributed by atoms with Crippen LogP contribution in [0.25, 0.3) is 0 Å². The zero-order valence-electron chi connectivity index (χ0n) is 10.1. The van der Waals surface area contributed by atoms with Crippen LogP contribution < -0.4 is 0 Å². The first-order valence-electron chi connectivity index (χ1n) is 5.43. The van der Waals surface area contributed by atoms with Crippen molar-refractivity contribution < 1.29 is 44.5 Å². The summed E-state index contributed by atoms with van der Waals surface area (Å²) in [4.78, 5) is 0. The summed E-state index contributed by atoms with van der Waals surface area (Å²) in [6, 6.07) is 0. The maximum absolute atomic E-state index is 12.3. The van der Waals surface area contributed by atoms with Gasteiger partial charge in [-0.3, -0.25) is 4.18 Å². The molecule has 2 rings (SSSR count). The molecule has 0 aliphatic carbocycles. The first-order chi connectivity index (χ1) is 9.15. The van der Waals surface area contributed by atoms with Gasteiger partial charge in [-0.25, -0.2) is 0 Å². The molecule has 0 aromatic heterocycles. The average molecular weight is 340 g/mol. The highest BCUT2D eigenvalue weighted by Gasteiger charge is 2.54. The Morgan fingerprint density at radius 1 is 1.25 bits per heavy atom. The van der Waals surface area contributed by atoms with Crippen molar-refractivity contribution in [1.82, 2.24) is 0 Å². The van der Waals surface area contributed by atoms with Crippen molar-refractivity contribution in [1.29, 1.82) is 0 Å². The van der Waals surface area contributed by atoms with Crippen LogP contribution in [0.4, 0.5) is 13.2 Å². The molecule has 2 saturated heterocycles. The fourth-order valence-electron chi connectivity index (χ4n) is 1.94. The Morgan fingerprint density at radius 3 is 2.40 bits per heavy atom. The molecule has 0 spiro atoms. The van der Waals surface area contributed by atoms with Gasteiger partial charge >= 0.3 is 15.6 Å². The van der Waals surface area contributed by atoms with Gasteiger partial charge in [-0.05, 0) is 6.92 Å². The summed E-state index contributed by atoms with van der Waals surface area (Å²) < 4.78 is 83.5. The van der Waals surface area contributed by atoms with Crippen molar-refractivity contribution in [2.24, 2.45) is 0 Å². The van der Waals surface area contributed by atoms with Crippen LogP contribution in [0, 0.1) is 0 Å². The van der Waals surface area contributed by atoms with Crippen LogP contribution in [0.15, 0.2) is 0 Å². The molecule has 118 valence electrons. The number of hydrogen-bond donors (Lipinski definition) is 0. The number of ether oxygens (including phenoxy) is 3. The summed E-state index contributed by atoms with van der Waals surface area (Å²) in [5.41, 5.74) is -5.51. The molecule has 6 atom stereocenters. The van der Waals surface area contributed by atoms with Gasteiger partial charge in [0.25, 0.3) is 0 Å². The number of fused-ring (bicyclic) bond motifs is 1. The van der Waals surface area contributed by atoms with Gasteiger partial charge in [0.2, 0.25) is 0 Å². The Morgan fingerprint density at radius 2 is 1.85 bits per heavy atom. The van der Waals surface area contributed by atoms with E-state index in [0.717, 1.165) is 0 Å². The Kier molecular flexibility index (Phi) is 4.60. The fraction of sp³-hybridized carbons (Fsp3) is 1.00. The molecular formula is C8H12F3O7PS. The first kappa shape index (κ1) is 16.3. The van der Waals surface area contributed by atoms with E-state index in [4.69, 9.17) is 18.7 Å². The maximum Gasteiger partial charge on any atom is 0.523 e. The quantitative estimate of drug-likeness (QED) is 0.421. The van der Waals surface area contributed by atoms with Gasteiger partial charge in [-0.2, -0.15) is 21.6 Å². The molecule has 0 amide bonds. The topological polar surface area (TPSA) is 80.3 Å². The number of rotatable bonds is 3. The third-order valence-corrected chi connectivity index (χ3v) is 4.08. The molecule has 6 unspecified atom stereocenters. The number of hydrogen-bond acceptors (Lipinski definition) is 7. The fourth-order valence-corrected chi connectivity index (χ4v) is 2.78. The van der Waals surface area contributed by atoms with E-state index in [1.807, 2.05) is 9.47 Å². The maximum atomic E-state index is 12.3. The van der Waals surface area contributed by atoms with Crippen molar-refractivity contribution in [2.45, 2.75) is 43.3 Å². The third kappa shape index (κ3) is 3.08. The minimum atomic E-state index is -5.74. The molecule has 0 bridgehead atoms. The highest BCUT2D eigenvalue weighted by molar-refractivity contribution is 7.87. The van der Waals surface area contributed by atoms with Gasteiger partial charge in [0.1, 0.15) is 18.3 Å². The highest BCUT2D eigenvalue weighted by atomic mass is 32.2. The summed E-state index contributed by atoms with van der Waals surface area (Å²) in [5.74, 6) is 0. The van der Waals surface area contributed by atoms with Crippen molar-refractivity contribution >= 4 is 19.6 Å². The Balaban J connectivity index is 2.14. The van der Waals surface area contributed by atoms with Gasteiger partial charge < -0.3 is 18.7 Å². The van der Waals surface area contributed by atoms with Crippen LogP contribution >= 0.6 is 9.47 Å². The summed E-state index contributed by atoms with van der Waals surface area (Å²) >= 11 is 0. The second-order valence-electron chi connectivity index (χ2n) is 4.14. The van der Waals surface area contributed by atoms with E-state index >= 15 is 0 Å². The van der Waals surface area contributed by atoms with Crippen LogP contribution in [-0.2, 0) is 33.0 Å². The van der Waals surface area contributed by atoms with Crippen molar-refractivity contribution in [3.05, 3.63) is 0 Å². The summed E-state index contributed by atoms with van der Waals surface area (Å²) in [7, 11) is -3.81. The lowest BCUT2D eigenvalue weighted by Crippen LogP contribution is -2.53. The zero-order chi connectivity index (χ0) is 15.1. The smallest absolute Gasteiger partial charge is 0.347 e.